The number of aromatic hydroxyl groups is 1. The first kappa shape index (κ1) is 9.83. The van der Waals surface area contributed by atoms with Crippen LogP contribution < -0.4 is 10.2 Å². The van der Waals surface area contributed by atoms with Gasteiger partial charge >= 0.3 is 0 Å². The zero-order valence-corrected chi connectivity index (χ0v) is 8.82. The van der Waals surface area contributed by atoms with Gasteiger partial charge < -0.3 is 15.3 Å². The summed E-state index contributed by atoms with van der Waals surface area (Å²) in [6.07, 6.45) is 0. The van der Waals surface area contributed by atoms with Crippen molar-refractivity contribution in [1.82, 2.24) is 0 Å². The van der Waals surface area contributed by atoms with E-state index in [2.05, 4.69) is 5.32 Å². The summed E-state index contributed by atoms with van der Waals surface area (Å²) in [7, 11) is 0. The Morgan fingerprint density at radius 2 is 2.27 bits per heavy atom. The van der Waals surface area contributed by atoms with Gasteiger partial charge in [0, 0.05) is 6.54 Å². The lowest BCUT2D eigenvalue weighted by Gasteiger charge is -2.35. The average Bonchev–Trinajstić information content (AvgIpc) is 2.21. The van der Waals surface area contributed by atoms with Crippen LogP contribution in [-0.4, -0.2) is 23.6 Å². The fourth-order valence-corrected chi connectivity index (χ4v) is 1.94. The molecule has 0 bridgehead atoms. The fourth-order valence-electron chi connectivity index (χ4n) is 1.94. The number of hydrogen-bond acceptors (Lipinski definition) is 3. The topological polar surface area (TPSA) is 52.6 Å². The van der Waals surface area contributed by atoms with Gasteiger partial charge in [0.2, 0.25) is 5.91 Å². The molecule has 0 saturated carbocycles. The van der Waals surface area contributed by atoms with Crippen LogP contribution in [0.15, 0.2) is 18.2 Å². The lowest BCUT2D eigenvalue weighted by Crippen LogP contribution is -2.46. The lowest BCUT2D eigenvalue weighted by atomic mass is 10.1. The molecular weight excluding hydrogens is 192 g/mol. The van der Waals surface area contributed by atoms with Gasteiger partial charge in [0.25, 0.3) is 0 Å². The molecule has 2 rings (SSSR count). The molecule has 0 aromatic heterocycles. The number of phenols is 1. The summed E-state index contributed by atoms with van der Waals surface area (Å²) in [6.45, 7) is 4.48. The van der Waals surface area contributed by atoms with Crippen LogP contribution in [0.1, 0.15) is 13.8 Å². The Hall–Kier alpha value is -1.71. The minimum absolute atomic E-state index is 0.0325. The predicted molar refractivity (Wildman–Crippen MR) is 59.2 cm³/mol. The summed E-state index contributed by atoms with van der Waals surface area (Å²) in [6, 6.07) is 4.90. The van der Waals surface area contributed by atoms with E-state index < -0.39 is 0 Å². The van der Waals surface area contributed by atoms with Gasteiger partial charge in [-0.15, -0.1) is 0 Å². The molecular formula is C11H14N2O2. The predicted octanol–water partition coefficient (Wildman–Crippen LogP) is 1.56. The smallest absolute Gasteiger partial charge is 0.246 e. The van der Waals surface area contributed by atoms with Crippen LogP contribution >= 0.6 is 0 Å². The SMILES string of the molecule is CCN1c2c(O)cccc2NC(=O)C1C. The highest BCUT2D eigenvalue weighted by Gasteiger charge is 2.30. The van der Waals surface area contributed by atoms with E-state index in [4.69, 9.17) is 0 Å². The maximum atomic E-state index is 11.6. The minimum Gasteiger partial charge on any atom is -0.506 e. The number of hydrogen-bond donors (Lipinski definition) is 2. The van der Waals surface area contributed by atoms with Crippen molar-refractivity contribution in [3.05, 3.63) is 18.2 Å². The molecule has 80 valence electrons. The Morgan fingerprint density at radius 3 is 2.93 bits per heavy atom. The number of fused-ring (bicyclic) bond motifs is 1. The van der Waals surface area contributed by atoms with Gasteiger partial charge in [0.15, 0.2) is 0 Å². The third kappa shape index (κ3) is 1.42. The first-order valence-electron chi connectivity index (χ1n) is 5.04. The van der Waals surface area contributed by atoms with Crippen LogP contribution in [-0.2, 0) is 4.79 Å². The number of rotatable bonds is 1. The molecule has 1 atom stereocenters. The summed E-state index contributed by atoms with van der Waals surface area (Å²) >= 11 is 0. The number of likely N-dealkylation sites (N-methyl/N-ethyl adjacent to an activating group) is 1. The van der Waals surface area contributed by atoms with Crippen molar-refractivity contribution in [3.63, 3.8) is 0 Å². The largest absolute Gasteiger partial charge is 0.506 e. The first-order chi connectivity index (χ1) is 7.15. The molecule has 0 radical (unpaired) electrons. The molecule has 4 nitrogen and oxygen atoms in total. The molecule has 1 aliphatic heterocycles. The van der Waals surface area contributed by atoms with Crippen LogP contribution in [0.25, 0.3) is 0 Å². The first-order valence-corrected chi connectivity index (χ1v) is 5.04. The van der Waals surface area contributed by atoms with Crippen molar-refractivity contribution < 1.29 is 9.90 Å². The highest BCUT2D eigenvalue weighted by molar-refractivity contribution is 6.04. The summed E-state index contributed by atoms with van der Waals surface area (Å²) in [4.78, 5) is 13.5. The molecule has 1 aromatic rings. The Kier molecular flexibility index (Phi) is 2.26. The van der Waals surface area contributed by atoms with Gasteiger partial charge in [0.1, 0.15) is 17.5 Å². The van der Waals surface area contributed by atoms with Crippen molar-refractivity contribution in [3.8, 4) is 5.75 Å². The maximum absolute atomic E-state index is 11.6. The highest BCUT2D eigenvalue weighted by Crippen LogP contribution is 2.38. The second-order valence-electron chi connectivity index (χ2n) is 3.62. The molecule has 0 fully saturated rings. The summed E-state index contributed by atoms with van der Waals surface area (Å²) < 4.78 is 0. The van der Waals surface area contributed by atoms with E-state index in [-0.39, 0.29) is 17.7 Å². The van der Waals surface area contributed by atoms with Gasteiger partial charge in [-0.3, -0.25) is 4.79 Å². The molecule has 1 unspecified atom stereocenters. The number of nitrogens with one attached hydrogen (secondary N) is 1. The van der Waals surface area contributed by atoms with Crippen LogP contribution in [0.4, 0.5) is 11.4 Å². The van der Waals surface area contributed by atoms with Crippen LogP contribution in [0.2, 0.25) is 0 Å². The number of amides is 1. The molecule has 4 heteroatoms. The molecule has 0 saturated heterocycles. The lowest BCUT2D eigenvalue weighted by molar-refractivity contribution is -0.117. The van der Waals surface area contributed by atoms with E-state index >= 15 is 0 Å². The molecule has 1 aromatic carbocycles. The van der Waals surface area contributed by atoms with E-state index in [0.717, 1.165) is 0 Å². The standard InChI is InChI=1S/C11H14N2O2/c1-3-13-7(2)11(15)12-8-5-4-6-9(14)10(8)13/h4-7,14H,3H2,1-2H3,(H,12,15). The van der Waals surface area contributed by atoms with Gasteiger partial charge in [0.05, 0.1) is 5.69 Å². The number of benzene rings is 1. The number of carbonyl (C=O) groups excluding carboxylic acids is 1. The van der Waals surface area contributed by atoms with Crippen LogP contribution in [0, 0.1) is 0 Å². The molecule has 0 aliphatic carbocycles. The minimum atomic E-state index is -0.240. The van der Waals surface area contributed by atoms with E-state index in [0.29, 0.717) is 17.9 Å². The van der Waals surface area contributed by atoms with Gasteiger partial charge in [-0.25, -0.2) is 0 Å². The molecule has 1 heterocycles. The Morgan fingerprint density at radius 1 is 1.53 bits per heavy atom. The zero-order valence-electron chi connectivity index (χ0n) is 8.82. The van der Waals surface area contributed by atoms with Gasteiger partial charge in [-0.2, -0.15) is 0 Å². The summed E-state index contributed by atoms with van der Waals surface area (Å²) in [5, 5.41) is 12.5. The highest BCUT2D eigenvalue weighted by atomic mass is 16.3. The third-order valence-electron chi connectivity index (χ3n) is 2.75. The second-order valence-corrected chi connectivity index (χ2v) is 3.62. The van der Waals surface area contributed by atoms with Crippen molar-refractivity contribution >= 4 is 17.3 Å². The quantitative estimate of drug-likeness (QED) is 0.733. The van der Waals surface area contributed by atoms with E-state index in [1.165, 1.54) is 0 Å². The van der Waals surface area contributed by atoms with Crippen molar-refractivity contribution in [2.45, 2.75) is 19.9 Å². The normalized spacial score (nSPS) is 19.7. The van der Waals surface area contributed by atoms with Crippen LogP contribution in [0.3, 0.4) is 0 Å². The Bertz CT molecular complexity index is 404. The van der Waals surface area contributed by atoms with Crippen molar-refractivity contribution in [2.24, 2.45) is 0 Å². The molecule has 2 N–H and O–H groups in total. The fraction of sp³-hybridized carbons (Fsp3) is 0.364. The summed E-state index contributed by atoms with van der Waals surface area (Å²) in [5.41, 5.74) is 1.40. The van der Waals surface area contributed by atoms with Gasteiger partial charge in [-0.05, 0) is 26.0 Å². The van der Waals surface area contributed by atoms with E-state index in [1.807, 2.05) is 18.7 Å². The van der Waals surface area contributed by atoms with E-state index in [1.54, 1.807) is 18.2 Å². The number of para-hydroxylation sites is 1. The van der Waals surface area contributed by atoms with Crippen molar-refractivity contribution in [1.29, 1.82) is 0 Å². The number of phenolic OH excluding ortho intramolecular Hbond substituents is 1. The van der Waals surface area contributed by atoms with Crippen LogP contribution in [0.5, 0.6) is 5.75 Å². The number of nitrogens with zero attached hydrogens (tertiary/aromatic N) is 1. The van der Waals surface area contributed by atoms with Gasteiger partial charge in [-0.1, -0.05) is 6.07 Å². The summed E-state index contributed by atoms with van der Waals surface area (Å²) in [5.74, 6) is 0.177. The second kappa shape index (κ2) is 3.46. The Balaban J connectivity index is 2.56. The Labute approximate surface area is 88.5 Å². The molecule has 15 heavy (non-hydrogen) atoms. The molecule has 1 aliphatic rings. The third-order valence-corrected chi connectivity index (χ3v) is 2.75. The zero-order chi connectivity index (χ0) is 11.0. The number of anilines is 2. The molecule has 0 spiro atoms. The van der Waals surface area contributed by atoms with Crippen molar-refractivity contribution in [2.75, 3.05) is 16.8 Å². The van der Waals surface area contributed by atoms with E-state index in [9.17, 15) is 9.90 Å². The molecule has 1 amide bonds. The monoisotopic (exact) mass is 206 g/mol. The maximum Gasteiger partial charge on any atom is 0.246 e. The average molecular weight is 206 g/mol. The number of carbonyl (C=O) groups is 1.